The Morgan fingerprint density at radius 1 is 1.15 bits per heavy atom. The first-order chi connectivity index (χ1) is 6.34. The molecule has 0 N–H and O–H groups in total. The smallest absolute Gasteiger partial charge is 0.311 e. The fourth-order valence-electron chi connectivity index (χ4n) is 1.84. The number of hydrogen-bond acceptors (Lipinski definition) is 2. The fourth-order valence-corrected chi connectivity index (χ4v) is 1.84. The topological polar surface area (TPSA) is 26.3 Å². The van der Waals surface area contributed by atoms with Crippen molar-refractivity contribution in [3.63, 3.8) is 0 Å². The summed E-state index contributed by atoms with van der Waals surface area (Å²) in [7, 11) is 0. The lowest BCUT2D eigenvalue weighted by Crippen LogP contribution is -2.31. The van der Waals surface area contributed by atoms with E-state index in [1.54, 1.807) is 0 Å². The SMILES string of the molecule is O=C1CC(C#CC2CCCCC2)O1. The summed E-state index contributed by atoms with van der Waals surface area (Å²) in [5.74, 6) is 6.70. The van der Waals surface area contributed by atoms with Crippen LogP contribution in [0.4, 0.5) is 0 Å². The first-order valence-corrected chi connectivity index (χ1v) is 5.05. The third kappa shape index (κ3) is 2.24. The number of hydrogen-bond donors (Lipinski definition) is 0. The van der Waals surface area contributed by atoms with Gasteiger partial charge in [-0.15, -0.1) is 0 Å². The second-order valence-corrected chi connectivity index (χ2v) is 3.81. The molecule has 0 aromatic heterocycles. The zero-order valence-electron chi connectivity index (χ0n) is 7.71. The van der Waals surface area contributed by atoms with Crippen LogP contribution >= 0.6 is 0 Å². The van der Waals surface area contributed by atoms with Gasteiger partial charge in [-0.25, -0.2) is 0 Å². The number of rotatable bonds is 0. The highest BCUT2D eigenvalue weighted by Crippen LogP contribution is 2.23. The Hall–Kier alpha value is -0.970. The lowest BCUT2D eigenvalue weighted by molar-refractivity contribution is -0.163. The normalized spacial score (nSPS) is 28.3. The summed E-state index contributed by atoms with van der Waals surface area (Å²) in [6.45, 7) is 0. The molecule has 1 saturated carbocycles. The molecule has 70 valence electrons. The Morgan fingerprint density at radius 3 is 2.46 bits per heavy atom. The van der Waals surface area contributed by atoms with Crippen LogP contribution in [0.1, 0.15) is 38.5 Å². The number of carbonyl (C=O) groups is 1. The molecule has 1 saturated heterocycles. The van der Waals surface area contributed by atoms with Crippen molar-refractivity contribution in [1.29, 1.82) is 0 Å². The van der Waals surface area contributed by atoms with Gasteiger partial charge in [0.25, 0.3) is 0 Å². The molecule has 0 radical (unpaired) electrons. The number of ether oxygens (including phenoxy) is 1. The first kappa shape index (κ1) is 8.62. The van der Waals surface area contributed by atoms with Gasteiger partial charge >= 0.3 is 5.97 Å². The van der Waals surface area contributed by atoms with E-state index in [9.17, 15) is 4.79 Å². The van der Waals surface area contributed by atoms with Gasteiger partial charge in [0.15, 0.2) is 6.10 Å². The summed E-state index contributed by atoms with van der Waals surface area (Å²) < 4.78 is 4.82. The minimum Gasteiger partial charge on any atom is -0.448 e. The Labute approximate surface area is 78.7 Å². The summed E-state index contributed by atoms with van der Waals surface area (Å²) in [6, 6.07) is 0. The van der Waals surface area contributed by atoms with Crippen LogP contribution in [-0.2, 0) is 9.53 Å². The Bertz CT molecular complexity index is 245. The second kappa shape index (κ2) is 3.83. The molecule has 1 heterocycles. The van der Waals surface area contributed by atoms with Gasteiger partial charge in [-0.3, -0.25) is 4.79 Å². The van der Waals surface area contributed by atoms with Crippen molar-refractivity contribution in [3.05, 3.63) is 0 Å². The summed E-state index contributed by atoms with van der Waals surface area (Å²) in [5, 5.41) is 0. The van der Waals surface area contributed by atoms with Gasteiger partial charge in [-0.2, -0.15) is 0 Å². The molecule has 2 rings (SSSR count). The van der Waals surface area contributed by atoms with Crippen LogP contribution in [0.3, 0.4) is 0 Å². The molecule has 1 aliphatic carbocycles. The number of cyclic esters (lactones) is 1. The monoisotopic (exact) mass is 178 g/mol. The molecule has 2 fully saturated rings. The third-order valence-corrected chi connectivity index (χ3v) is 2.68. The van der Waals surface area contributed by atoms with Crippen LogP contribution in [0.5, 0.6) is 0 Å². The van der Waals surface area contributed by atoms with E-state index in [1.807, 2.05) is 0 Å². The van der Waals surface area contributed by atoms with Crippen LogP contribution in [0.15, 0.2) is 0 Å². The maximum atomic E-state index is 10.5. The molecule has 1 atom stereocenters. The minimum absolute atomic E-state index is 0.0885. The fraction of sp³-hybridized carbons (Fsp3) is 0.727. The van der Waals surface area contributed by atoms with Gasteiger partial charge in [0.2, 0.25) is 0 Å². The average Bonchev–Trinajstić information content (AvgIpc) is 2.12. The van der Waals surface area contributed by atoms with Crippen LogP contribution < -0.4 is 0 Å². The first-order valence-electron chi connectivity index (χ1n) is 5.05. The zero-order valence-corrected chi connectivity index (χ0v) is 7.71. The van der Waals surface area contributed by atoms with Crippen LogP contribution in [-0.4, -0.2) is 12.1 Å². The van der Waals surface area contributed by atoms with Crippen molar-refractivity contribution >= 4 is 5.97 Å². The van der Waals surface area contributed by atoms with Crippen LogP contribution in [0.2, 0.25) is 0 Å². The van der Waals surface area contributed by atoms with E-state index >= 15 is 0 Å². The third-order valence-electron chi connectivity index (χ3n) is 2.68. The summed E-state index contributed by atoms with van der Waals surface area (Å²) in [5.41, 5.74) is 0. The van der Waals surface area contributed by atoms with Gasteiger partial charge in [-0.1, -0.05) is 31.1 Å². The van der Waals surface area contributed by atoms with Crippen LogP contribution in [0, 0.1) is 17.8 Å². The second-order valence-electron chi connectivity index (χ2n) is 3.81. The quantitative estimate of drug-likeness (QED) is 0.418. The van der Waals surface area contributed by atoms with Crippen LogP contribution in [0.25, 0.3) is 0 Å². The van der Waals surface area contributed by atoms with E-state index in [1.165, 1.54) is 32.1 Å². The van der Waals surface area contributed by atoms with Crippen molar-refractivity contribution in [1.82, 2.24) is 0 Å². The van der Waals surface area contributed by atoms with Gasteiger partial charge in [0.05, 0.1) is 6.42 Å². The maximum absolute atomic E-state index is 10.5. The molecule has 2 aliphatic rings. The molecule has 1 unspecified atom stereocenters. The molecule has 0 bridgehead atoms. The van der Waals surface area contributed by atoms with Gasteiger partial charge < -0.3 is 4.74 Å². The summed E-state index contributed by atoms with van der Waals surface area (Å²) >= 11 is 0. The maximum Gasteiger partial charge on any atom is 0.311 e. The van der Waals surface area contributed by atoms with E-state index in [-0.39, 0.29) is 12.1 Å². The van der Waals surface area contributed by atoms with Gasteiger partial charge in [0, 0.05) is 5.92 Å². The highest BCUT2D eigenvalue weighted by Gasteiger charge is 2.26. The van der Waals surface area contributed by atoms with Crippen molar-refractivity contribution in [3.8, 4) is 11.8 Å². The van der Waals surface area contributed by atoms with E-state index in [0.717, 1.165) is 0 Å². The van der Waals surface area contributed by atoms with E-state index in [2.05, 4.69) is 11.8 Å². The predicted molar refractivity (Wildman–Crippen MR) is 48.8 cm³/mol. The predicted octanol–water partition coefficient (Wildman–Crippen LogP) is 1.89. The lowest BCUT2D eigenvalue weighted by Gasteiger charge is -2.21. The number of carbonyl (C=O) groups excluding carboxylic acids is 1. The molecule has 0 aromatic rings. The molecule has 0 aromatic carbocycles. The molecule has 2 heteroatoms. The molecule has 0 amide bonds. The zero-order chi connectivity index (χ0) is 9.10. The molecule has 2 nitrogen and oxygen atoms in total. The largest absolute Gasteiger partial charge is 0.448 e. The molecule has 13 heavy (non-hydrogen) atoms. The van der Waals surface area contributed by atoms with Crippen molar-refractivity contribution in [2.45, 2.75) is 44.6 Å². The van der Waals surface area contributed by atoms with Gasteiger partial charge in [-0.05, 0) is 12.8 Å². The Morgan fingerprint density at radius 2 is 1.85 bits per heavy atom. The minimum atomic E-state index is -0.108. The Balaban J connectivity index is 1.78. The molecular weight excluding hydrogens is 164 g/mol. The van der Waals surface area contributed by atoms with Crippen molar-refractivity contribution in [2.24, 2.45) is 5.92 Å². The van der Waals surface area contributed by atoms with Gasteiger partial charge in [0.1, 0.15) is 0 Å². The molecule has 0 spiro atoms. The van der Waals surface area contributed by atoms with E-state index in [4.69, 9.17) is 4.74 Å². The highest BCUT2D eigenvalue weighted by molar-refractivity contribution is 5.76. The standard InChI is InChI=1S/C11H14O2/c12-11-8-10(13-11)7-6-9-4-2-1-3-5-9/h9-10H,1-5,8H2. The lowest BCUT2D eigenvalue weighted by atomic mass is 9.89. The Kier molecular flexibility index (Phi) is 2.54. The molecular formula is C11H14O2. The highest BCUT2D eigenvalue weighted by atomic mass is 16.6. The average molecular weight is 178 g/mol. The van der Waals surface area contributed by atoms with E-state index < -0.39 is 0 Å². The molecule has 1 aliphatic heterocycles. The van der Waals surface area contributed by atoms with E-state index in [0.29, 0.717) is 12.3 Å². The summed E-state index contributed by atoms with van der Waals surface area (Å²) in [4.78, 5) is 10.5. The van der Waals surface area contributed by atoms with Crippen molar-refractivity contribution in [2.75, 3.05) is 0 Å². The number of esters is 1. The van der Waals surface area contributed by atoms with Crippen molar-refractivity contribution < 1.29 is 9.53 Å². The summed E-state index contributed by atoms with van der Waals surface area (Å²) in [6.07, 6.45) is 6.85.